The van der Waals surface area contributed by atoms with E-state index in [1.807, 2.05) is 0 Å². The topological polar surface area (TPSA) is 59.2 Å². The molecule has 0 aliphatic heterocycles. The van der Waals surface area contributed by atoms with Crippen molar-refractivity contribution in [3.8, 4) is 0 Å². The fourth-order valence-electron chi connectivity index (χ4n) is 2.39. The van der Waals surface area contributed by atoms with Crippen LogP contribution >= 0.6 is 0 Å². The molecule has 0 spiro atoms. The van der Waals surface area contributed by atoms with Crippen LogP contribution in [0.5, 0.6) is 0 Å². The first-order valence-corrected chi connectivity index (χ1v) is 6.37. The lowest BCUT2D eigenvalue weighted by Crippen LogP contribution is -2.34. The molecular formula is C13H22N2O2. The van der Waals surface area contributed by atoms with Crippen molar-refractivity contribution in [2.24, 2.45) is 5.92 Å². The molecule has 1 saturated carbocycles. The molecule has 4 heteroatoms. The van der Waals surface area contributed by atoms with Crippen molar-refractivity contribution in [1.29, 1.82) is 0 Å². The van der Waals surface area contributed by atoms with Gasteiger partial charge in [-0.15, -0.1) is 0 Å². The Morgan fingerprint density at radius 2 is 2.18 bits per heavy atom. The third-order valence-electron chi connectivity index (χ3n) is 3.76. The van der Waals surface area contributed by atoms with Gasteiger partial charge in [-0.3, -0.25) is 0 Å². The Morgan fingerprint density at radius 1 is 1.47 bits per heavy atom. The van der Waals surface area contributed by atoms with E-state index in [0.29, 0.717) is 24.1 Å². The lowest BCUT2D eigenvalue weighted by Gasteiger charge is -2.25. The molecule has 2 unspecified atom stereocenters. The van der Waals surface area contributed by atoms with Gasteiger partial charge in [0.1, 0.15) is 0 Å². The maximum atomic E-state index is 10.5. The summed E-state index contributed by atoms with van der Waals surface area (Å²) in [4.78, 5) is 4.39. The second kappa shape index (κ2) is 4.09. The summed E-state index contributed by atoms with van der Waals surface area (Å²) in [5.41, 5.74) is -0.757. The second-order valence-corrected chi connectivity index (χ2v) is 6.34. The SMILES string of the molecule is CC1CCCC1(O)Cc1nc(C(C)(C)C)no1. The highest BCUT2D eigenvalue weighted by Gasteiger charge is 2.40. The lowest BCUT2D eigenvalue weighted by molar-refractivity contribution is 0.00291. The number of nitrogens with zero attached hydrogens (tertiary/aromatic N) is 2. The molecule has 0 saturated heterocycles. The van der Waals surface area contributed by atoms with Gasteiger partial charge in [0, 0.05) is 5.41 Å². The Balaban J connectivity index is 2.12. The molecule has 2 rings (SSSR count). The first-order valence-electron chi connectivity index (χ1n) is 6.37. The molecule has 1 fully saturated rings. The minimum absolute atomic E-state index is 0.105. The van der Waals surface area contributed by atoms with E-state index < -0.39 is 5.60 Å². The number of rotatable bonds is 2. The van der Waals surface area contributed by atoms with E-state index >= 15 is 0 Å². The van der Waals surface area contributed by atoms with Crippen molar-refractivity contribution in [1.82, 2.24) is 10.1 Å². The van der Waals surface area contributed by atoms with Gasteiger partial charge in [-0.05, 0) is 18.8 Å². The molecule has 17 heavy (non-hydrogen) atoms. The zero-order valence-electron chi connectivity index (χ0n) is 11.2. The third-order valence-corrected chi connectivity index (χ3v) is 3.76. The van der Waals surface area contributed by atoms with Crippen LogP contribution < -0.4 is 0 Å². The van der Waals surface area contributed by atoms with Crippen LogP contribution in [0, 0.1) is 5.92 Å². The van der Waals surface area contributed by atoms with Crippen molar-refractivity contribution in [3.63, 3.8) is 0 Å². The van der Waals surface area contributed by atoms with Crippen LogP contribution in [0.1, 0.15) is 58.7 Å². The van der Waals surface area contributed by atoms with Gasteiger partial charge in [-0.1, -0.05) is 39.3 Å². The van der Waals surface area contributed by atoms with Crippen LogP contribution in [0.15, 0.2) is 4.52 Å². The molecule has 1 heterocycles. The number of aliphatic hydroxyl groups is 1. The van der Waals surface area contributed by atoms with E-state index in [4.69, 9.17) is 4.52 Å². The predicted molar refractivity (Wildman–Crippen MR) is 64.7 cm³/mol. The molecule has 0 amide bonds. The van der Waals surface area contributed by atoms with Crippen LogP contribution in [-0.2, 0) is 11.8 Å². The fraction of sp³-hybridized carbons (Fsp3) is 0.846. The maximum absolute atomic E-state index is 10.5. The minimum atomic E-state index is -0.651. The lowest BCUT2D eigenvalue weighted by atomic mass is 9.89. The highest BCUT2D eigenvalue weighted by Crippen LogP contribution is 2.37. The summed E-state index contributed by atoms with van der Waals surface area (Å²) < 4.78 is 5.25. The summed E-state index contributed by atoms with van der Waals surface area (Å²) in [6.45, 7) is 8.24. The zero-order valence-corrected chi connectivity index (χ0v) is 11.2. The van der Waals surface area contributed by atoms with E-state index in [1.165, 1.54) is 0 Å². The quantitative estimate of drug-likeness (QED) is 0.859. The molecule has 0 aromatic carbocycles. The molecule has 96 valence electrons. The highest BCUT2D eigenvalue weighted by molar-refractivity contribution is 5.03. The normalized spacial score (nSPS) is 29.8. The van der Waals surface area contributed by atoms with Gasteiger partial charge in [-0.2, -0.15) is 4.98 Å². The Bertz CT molecular complexity index is 394. The standard InChI is InChI=1S/C13H22N2O2/c1-9-6-5-7-13(9,16)8-10-14-11(15-17-10)12(2,3)4/h9,16H,5-8H2,1-4H3. The molecule has 0 bridgehead atoms. The van der Waals surface area contributed by atoms with Crippen molar-refractivity contribution >= 4 is 0 Å². The Morgan fingerprint density at radius 3 is 2.65 bits per heavy atom. The summed E-state index contributed by atoms with van der Waals surface area (Å²) >= 11 is 0. The summed E-state index contributed by atoms with van der Waals surface area (Å²) in [5, 5.41) is 14.5. The van der Waals surface area contributed by atoms with Crippen LogP contribution in [0.25, 0.3) is 0 Å². The molecule has 1 aliphatic rings. The van der Waals surface area contributed by atoms with Gasteiger partial charge in [0.05, 0.1) is 12.0 Å². The molecule has 4 nitrogen and oxygen atoms in total. The van der Waals surface area contributed by atoms with Gasteiger partial charge < -0.3 is 9.63 Å². The van der Waals surface area contributed by atoms with E-state index in [0.717, 1.165) is 19.3 Å². The third kappa shape index (κ3) is 2.51. The van der Waals surface area contributed by atoms with E-state index in [-0.39, 0.29) is 5.41 Å². The highest BCUT2D eigenvalue weighted by atomic mass is 16.5. The van der Waals surface area contributed by atoms with Gasteiger partial charge in [0.15, 0.2) is 5.82 Å². The van der Waals surface area contributed by atoms with E-state index in [1.54, 1.807) is 0 Å². The summed E-state index contributed by atoms with van der Waals surface area (Å²) in [6.07, 6.45) is 3.48. The Hall–Kier alpha value is -0.900. The van der Waals surface area contributed by atoms with Gasteiger partial charge in [-0.25, -0.2) is 0 Å². The first kappa shape index (κ1) is 12.6. The molecule has 1 aliphatic carbocycles. The van der Waals surface area contributed by atoms with Crippen LogP contribution in [0.3, 0.4) is 0 Å². The molecule has 1 aromatic rings. The molecule has 1 N–H and O–H groups in total. The van der Waals surface area contributed by atoms with Crippen LogP contribution in [-0.4, -0.2) is 20.8 Å². The average molecular weight is 238 g/mol. The molecule has 1 aromatic heterocycles. The summed E-state index contributed by atoms with van der Waals surface area (Å²) in [5.74, 6) is 1.58. The van der Waals surface area contributed by atoms with Crippen LogP contribution in [0.2, 0.25) is 0 Å². The molecule has 0 radical (unpaired) electrons. The first-order chi connectivity index (χ1) is 7.81. The van der Waals surface area contributed by atoms with Crippen molar-refractivity contribution in [2.45, 2.75) is 64.4 Å². The van der Waals surface area contributed by atoms with Crippen molar-refractivity contribution in [3.05, 3.63) is 11.7 Å². The van der Waals surface area contributed by atoms with Crippen molar-refractivity contribution in [2.75, 3.05) is 0 Å². The fourth-order valence-corrected chi connectivity index (χ4v) is 2.39. The largest absolute Gasteiger partial charge is 0.389 e. The Kier molecular flexibility index (Phi) is 3.02. The van der Waals surface area contributed by atoms with Gasteiger partial charge in [0.25, 0.3) is 0 Å². The molecule has 2 atom stereocenters. The van der Waals surface area contributed by atoms with E-state index in [2.05, 4.69) is 37.8 Å². The van der Waals surface area contributed by atoms with Crippen LogP contribution in [0.4, 0.5) is 0 Å². The van der Waals surface area contributed by atoms with Crippen molar-refractivity contribution < 1.29 is 9.63 Å². The van der Waals surface area contributed by atoms with E-state index in [9.17, 15) is 5.11 Å². The number of hydrogen-bond acceptors (Lipinski definition) is 4. The summed E-state index contributed by atoms with van der Waals surface area (Å²) in [6, 6.07) is 0. The zero-order chi connectivity index (χ0) is 12.7. The Labute approximate surface area is 102 Å². The van der Waals surface area contributed by atoms with Gasteiger partial charge >= 0.3 is 0 Å². The molecular weight excluding hydrogens is 216 g/mol. The number of hydrogen-bond donors (Lipinski definition) is 1. The maximum Gasteiger partial charge on any atom is 0.229 e. The minimum Gasteiger partial charge on any atom is -0.389 e. The smallest absolute Gasteiger partial charge is 0.229 e. The van der Waals surface area contributed by atoms with Gasteiger partial charge in [0.2, 0.25) is 5.89 Å². The number of aromatic nitrogens is 2. The average Bonchev–Trinajstić information content (AvgIpc) is 2.75. The second-order valence-electron chi connectivity index (χ2n) is 6.34. The monoisotopic (exact) mass is 238 g/mol. The summed E-state index contributed by atoms with van der Waals surface area (Å²) in [7, 11) is 0. The predicted octanol–water partition coefficient (Wildman–Crippen LogP) is 2.46.